The van der Waals surface area contributed by atoms with Gasteiger partial charge in [-0.3, -0.25) is 4.79 Å². The summed E-state index contributed by atoms with van der Waals surface area (Å²) >= 11 is 0. The monoisotopic (exact) mass is 233 g/mol. The zero-order chi connectivity index (χ0) is 12.4. The Morgan fingerprint density at radius 1 is 1.47 bits per heavy atom. The highest BCUT2D eigenvalue weighted by Gasteiger charge is 2.23. The van der Waals surface area contributed by atoms with Crippen LogP contribution in [0.5, 0.6) is 5.75 Å². The van der Waals surface area contributed by atoms with Crippen LogP contribution in [0.3, 0.4) is 0 Å². The van der Waals surface area contributed by atoms with Crippen molar-refractivity contribution in [3.05, 3.63) is 29.3 Å². The molecule has 3 heteroatoms. The number of phenolic OH excluding ortho intramolecular Hbond substituents is 1. The van der Waals surface area contributed by atoms with E-state index >= 15 is 0 Å². The molecular weight excluding hydrogens is 214 g/mol. The van der Waals surface area contributed by atoms with Crippen molar-refractivity contribution in [1.29, 1.82) is 0 Å². The molecule has 1 aliphatic rings. The molecule has 17 heavy (non-hydrogen) atoms. The van der Waals surface area contributed by atoms with Crippen molar-refractivity contribution in [3.63, 3.8) is 0 Å². The van der Waals surface area contributed by atoms with Crippen molar-refractivity contribution in [2.45, 2.75) is 26.7 Å². The molecule has 1 saturated heterocycles. The average Bonchev–Trinajstić information content (AvgIpc) is 2.32. The van der Waals surface area contributed by atoms with Gasteiger partial charge < -0.3 is 10.0 Å². The number of carbonyl (C=O) groups excluding carboxylic acids is 1. The quantitative estimate of drug-likeness (QED) is 0.810. The van der Waals surface area contributed by atoms with Gasteiger partial charge in [-0.1, -0.05) is 13.0 Å². The normalized spacial score (nSPS) is 20.4. The van der Waals surface area contributed by atoms with Crippen LogP contribution in [0, 0.1) is 12.8 Å². The van der Waals surface area contributed by atoms with Gasteiger partial charge in [0, 0.05) is 24.2 Å². The summed E-state index contributed by atoms with van der Waals surface area (Å²) in [5.74, 6) is 0.816. The van der Waals surface area contributed by atoms with Crippen molar-refractivity contribution >= 4 is 5.91 Å². The molecule has 1 amide bonds. The van der Waals surface area contributed by atoms with Gasteiger partial charge in [0.05, 0.1) is 0 Å². The number of nitrogens with zero attached hydrogens (tertiary/aromatic N) is 1. The third kappa shape index (κ3) is 2.43. The number of benzene rings is 1. The predicted molar refractivity (Wildman–Crippen MR) is 67.1 cm³/mol. The van der Waals surface area contributed by atoms with Gasteiger partial charge >= 0.3 is 0 Å². The Hall–Kier alpha value is -1.51. The molecule has 1 atom stereocenters. The van der Waals surface area contributed by atoms with Crippen LogP contribution in [0.15, 0.2) is 18.2 Å². The minimum absolute atomic E-state index is 0.0463. The summed E-state index contributed by atoms with van der Waals surface area (Å²) in [6, 6.07) is 5.13. The largest absolute Gasteiger partial charge is 0.508 e. The summed E-state index contributed by atoms with van der Waals surface area (Å²) < 4.78 is 0. The molecule has 0 aliphatic carbocycles. The molecule has 1 aliphatic heterocycles. The lowest BCUT2D eigenvalue weighted by molar-refractivity contribution is 0.0682. The van der Waals surface area contributed by atoms with Crippen LogP contribution in [0.25, 0.3) is 0 Å². The lowest BCUT2D eigenvalue weighted by Gasteiger charge is -2.31. The zero-order valence-electron chi connectivity index (χ0n) is 10.4. The van der Waals surface area contributed by atoms with E-state index in [0.717, 1.165) is 19.5 Å². The van der Waals surface area contributed by atoms with Crippen molar-refractivity contribution in [1.82, 2.24) is 4.90 Å². The second-order valence-electron chi connectivity index (χ2n) is 4.95. The summed E-state index contributed by atoms with van der Waals surface area (Å²) in [4.78, 5) is 14.2. The van der Waals surface area contributed by atoms with E-state index in [9.17, 15) is 9.90 Å². The Morgan fingerprint density at radius 2 is 2.24 bits per heavy atom. The lowest BCUT2D eigenvalue weighted by Crippen LogP contribution is -2.39. The third-order valence-electron chi connectivity index (χ3n) is 3.48. The van der Waals surface area contributed by atoms with E-state index in [2.05, 4.69) is 6.92 Å². The summed E-state index contributed by atoms with van der Waals surface area (Å²) in [6.45, 7) is 5.62. The fraction of sp³-hybridized carbons (Fsp3) is 0.500. The van der Waals surface area contributed by atoms with Crippen molar-refractivity contribution in [2.75, 3.05) is 13.1 Å². The first-order chi connectivity index (χ1) is 8.09. The van der Waals surface area contributed by atoms with Gasteiger partial charge in [0.1, 0.15) is 5.75 Å². The Labute approximate surface area is 102 Å². The second-order valence-corrected chi connectivity index (χ2v) is 4.95. The van der Waals surface area contributed by atoms with Gasteiger partial charge in [0.25, 0.3) is 5.91 Å². The Balaban J connectivity index is 2.22. The summed E-state index contributed by atoms with van der Waals surface area (Å²) in [6.07, 6.45) is 2.27. The van der Waals surface area contributed by atoms with Crippen molar-refractivity contribution in [2.24, 2.45) is 5.92 Å². The molecule has 0 bridgehead atoms. The third-order valence-corrected chi connectivity index (χ3v) is 3.48. The molecule has 0 aromatic heterocycles. The van der Waals surface area contributed by atoms with Gasteiger partial charge in [0.15, 0.2) is 0 Å². The van der Waals surface area contributed by atoms with E-state index in [1.54, 1.807) is 25.1 Å². The standard InChI is InChI=1S/C14H19NO2/c1-10-5-4-8-15(9-10)14(17)12-6-3-7-13(16)11(12)2/h3,6-7,10,16H,4-5,8-9H2,1-2H3. The number of hydrogen-bond acceptors (Lipinski definition) is 2. The molecule has 3 nitrogen and oxygen atoms in total. The number of phenols is 1. The Morgan fingerprint density at radius 3 is 2.94 bits per heavy atom. The predicted octanol–water partition coefficient (Wildman–Crippen LogP) is 2.57. The van der Waals surface area contributed by atoms with E-state index in [4.69, 9.17) is 0 Å². The molecule has 1 aromatic carbocycles. The first-order valence-corrected chi connectivity index (χ1v) is 6.17. The minimum Gasteiger partial charge on any atom is -0.508 e. The molecule has 1 fully saturated rings. The van der Waals surface area contributed by atoms with E-state index in [0.29, 0.717) is 17.0 Å². The number of piperidine rings is 1. The van der Waals surface area contributed by atoms with Crippen LogP contribution in [0.2, 0.25) is 0 Å². The highest BCUT2D eigenvalue weighted by atomic mass is 16.3. The number of amides is 1. The number of hydrogen-bond donors (Lipinski definition) is 1. The number of likely N-dealkylation sites (tertiary alicyclic amines) is 1. The first-order valence-electron chi connectivity index (χ1n) is 6.17. The van der Waals surface area contributed by atoms with Gasteiger partial charge in [-0.05, 0) is 37.8 Å². The Kier molecular flexibility index (Phi) is 3.36. The van der Waals surface area contributed by atoms with Gasteiger partial charge in [0.2, 0.25) is 0 Å². The van der Waals surface area contributed by atoms with Crippen LogP contribution in [-0.4, -0.2) is 29.0 Å². The first kappa shape index (κ1) is 12.0. The maximum Gasteiger partial charge on any atom is 0.254 e. The topological polar surface area (TPSA) is 40.5 Å². The molecule has 1 heterocycles. The number of rotatable bonds is 1. The second kappa shape index (κ2) is 4.78. The molecular formula is C14H19NO2. The molecule has 1 N–H and O–H groups in total. The zero-order valence-corrected chi connectivity index (χ0v) is 10.4. The van der Waals surface area contributed by atoms with Crippen LogP contribution in [-0.2, 0) is 0 Å². The molecule has 0 radical (unpaired) electrons. The van der Waals surface area contributed by atoms with Crippen LogP contribution >= 0.6 is 0 Å². The highest BCUT2D eigenvalue weighted by Crippen LogP contribution is 2.23. The van der Waals surface area contributed by atoms with Gasteiger partial charge in [-0.2, -0.15) is 0 Å². The average molecular weight is 233 g/mol. The SMILES string of the molecule is Cc1c(O)cccc1C(=O)N1CCCC(C)C1. The fourth-order valence-corrected chi connectivity index (χ4v) is 2.40. The lowest BCUT2D eigenvalue weighted by atomic mass is 9.98. The van der Waals surface area contributed by atoms with Crippen molar-refractivity contribution in [3.8, 4) is 5.75 Å². The van der Waals surface area contributed by atoms with Gasteiger partial charge in [-0.25, -0.2) is 0 Å². The fourth-order valence-electron chi connectivity index (χ4n) is 2.40. The van der Waals surface area contributed by atoms with E-state index in [1.165, 1.54) is 6.42 Å². The van der Waals surface area contributed by atoms with Crippen molar-refractivity contribution < 1.29 is 9.90 Å². The van der Waals surface area contributed by atoms with Crippen LogP contribution in [0.4, 0.5) is 0 Å². The maximum absolute atomic E-state index is 12.3. The highest BCUT2D eigenvalue weighted by molar-refractivity contribution is 5.96. The number of aromatic hydroxyl groups is 1. The smallest absolute Gasteiger partial charge is 0.254 e. The minimum atomic E-state index is 0.0463. The molecule has 0 saturated carbocycles. The molecule has 0 spiro atoms. The summed E-state index contributed by atoms with van der Waals surface area (Å²) in [7, 11) is 0. The molecule has 1 unspecified atom stereocenters. The summed E-state index contributed by atoms with van der Waals surface area (Å²) in [5, 5.41) is 9.63. The molecule has 1 aromatic rings. The van der Waals surface area contributed by atoms with E-state index in [-0.39, 0.29) is 11.7 Å². The Bertz CT molecular complexity index is 428. The molecule has 92 valence electrons. The molecule has 2 rings (SSSR count). The van der Waals surface area contributed by atoms with E-state index < -0.39 is 0 Å². The van der Waals surface area contributed by atoms with E-state index in [1.807, 2.05) is 4.90 Å². The van der Waals surface area contributed by atoms with Crippen LogP contribution < -0.4 is 0 Å². The van der Waals surface area contributed by atoms with Gasteiger partial charge in [-0.15, -0.1) is 0 Å². The van der Waals surface area contributed by atoms with Crippen LogP contribution in [0.1, 0.15) is 35.7 Å². The number of carbonyl (C=O) groups is 1. The summed E-state index contributed by atoms with van der Waals surface area (Å²) in [5.41, 5.74) is 1.30. The maximum atomic E-state index is 12.3.